The number of carbonyl (C=O) groups is 1. The zero-order chi connectivity index (χ0) is 17.7. The van der Waals surface area contributed by atoms with Crippen molar-refractivity contribution in [1.82, 2.24) is 4.72 Å². The molecular formula is C16H16ClNO5S. The highest BCUT2D eigenvalue weighted by Crippen LogP contribution is 2.27. The Hall–Kier alpha value is -2.09. The monoisotopic (exact) mass is 369 g/mol. The molecule has 128 valence electrons. The molecule has 0 saturated carbocycles. The van der Waals surface area contributed by atoms with Crippen molar-refractivity contribution in [3.05, 3.63) is 59.1 Å². The van der Waals surface area contributed by atoms with Crippen molar-refractivity contribution in [3.8, 4) is 5.75 Å². The number of benzene rings is 2. The third-order valence-corrected chi connectivity index (χ3v) is 5.08. The lowest BCUT2D eigenvalue weighted by Crippen LogP contribution is -2.42. The number of ether oxygens (including phenoxy) is 1. The summed E-state index contributed by atoms with van der Waals surface area (Å²) in [5, 5.41) is 9.43. The first-order valence-electron chi connectivity index (χ1n) is 6.96. The normalized spacial score (nSPS) is 12.6. The molecule has 2 aromatic carbocycles. The van der Waals surface area contributed by atoms with Gasteiger partial charge in [-0.3, -0.25) is 4.79 Å². The molecule has 0 fully saturated rings. The minimum absolute atomic E-state index is 0.0271. The van der Waals surface area contributed by atoms with Crippen LogP contribution in [0.4, 0.5) is 0 Å². The van der Waals surface area contributed by atoms with E-state index < -0.39 is 22.0 Å². The van der Waals surface area contributed by atoms with E-state index in [0.717, 1.165) is 0 Å². The summed E-state index contributed by atoms with van der Waals surface area (Å²) in [7, 11) is -2.63. The topological polar surface area (TPSA) is 92.7 Å². The van der Waals surface area contributed by atoms with E-state index in [1.54, 1.807) is 30.3 Å². The summed E-state index contributed by atoms with van der Waals surface area (Å²) in [6, 6.07) is 11.4. The fourth-order valence-corrected chi connectivity index (χ4v) is 3.64. The lowest BCUT2D eigenvalue weighted by Gasteiger charge is -2.15. The molecule has 0 aliphatic rings. The van der Waals surface area contributed by atoms with Gasteiger partial charge in [-0.25, -0.2) is 8.42 Å². The number of hydrogen-bond donors (Lipinski definition) is 2. The third kappa shape index (κ3) is 4.47. The van der Waals surface area contributed by atoms with Crippen LogP contribution in [0.5, 0.6) is 5.75 Å². The molecule has 2 rings (SSSR count). The predicted octanol–water partition coefficient (Wildman–Crippen LogP) is 2.32. The standard InChI is InChI=1S/C16H16ClNO5S/c1-23-15-8-7-12(10-13(15)17)24(21,22)18-14(16(19)20)9-11-5-3-2-4-6-11/h2-8,10,14,18H,9H2,1H3,(H,19,20)/t14-/m0/s1. The zero-order valence-corrected chi connectivity index (χ0v) is 14.3. The van der Waals surface area contributed by atoms with Gasteiger partial charge in [-0.05, 0) is 30.2 Å². The molecule has 0 unspecified atom stereocenters. The summed E-state index contributed by atoms with van der Waals surface area (Å²) in [5.41, 5.74) is 0.709. The molecule has 0 aliphatic carbocycles. The van der Waals surface area contributed by atoms with Crippen molar-refractivity contribution in [3.63, 3.8) is 0 Å². The zero-order valence-electron chi connectivity index (χ0n) is 12.8. The molecule has 0 spiro atoms. The highest BCUT2D eigenvalue weighted by atomic mass is 35.5. The maximum absolute atomic E-state index is 12.4. The van der Waals surface area contributed by atoms with Crippen LogP contribution in [0.2, 0.25) is 5.02 Å². The van der Waals surface area contributed by atoms with Crippen LogP contribution in [-0.2, 0) is 21.2 Å². The Morgan fingerprint density at radius 3 is 2.46 bits per heavy atom. The summed E-state index contributed by atoms with van der Waals surface area (Å²) in [4.78, 5) is 11.3. The van der Waals surface area contributed by atoms with E-state index in [0.29, 0.717) is 11.3 Å². The average molecular weight is 370 g/mol. The molecule has 0 amide bonds. The smallest absolute Gasteiger partial charge is 0.322 e. The van der Waals surface area contributed by atoms with Gasteiger partial charge < -0.3 is 9.84 Å². The minimum atomic E-state index is -4.04. The van der Waals surface area contributed by atoms with Gasteiger partial charge in [0.2, 0.25) is 10.0 Å². The molecule has 0 bridgehead atoms. The van der Waals surface area contributed by atoms with Crippen molar-refractivity contribution in [2.75, 3.05) is 7.11 Å². The second kappa shape index (κ2) is 7.65. The largest absolute Gasteiger partial charge is 0.495 e. The van der Waals surface area contributed by atoms with Gasteiger partial charge in [-0.2, -0.15) is 4.72 Å². The molecule has 0 heterocycles. The van der Waals surface area contributed by atoms with Crippen LogP contribution < -0.4 is 9.46 Å². The quantitative estimate of drug-likeness (QED) is 0.781. The number of sulfonamides is 1. The highest BCUT2D eigenvalue weighted by Gasteiger charge is 2.26. The SMILES string of the molecule is COc1ccc(S(=O)(=O)N[C@@H](Cc2ccccc2)C(=O)O)cc1Cl. The van der Waals surface area contributed by atoms with E-state index in [4.69, 9.17) is 16.3 Å². The van der Waals surface area contributed by atoms with Gasteiger partial charge >= 0.3 is 5.97 Å². The summed E-state index contributed by atoms with van der Waals surface area (Å²) < 4.78 is 32.0. The van der Waals surface area contributed by atoms with E-state index >= 15 is 0 Å². The maximum Gasteiger partial charge on any atom is 0.322 e. The Kier molecular flexibility index (Phi) is 5.82. The number of rotatable bonds is 7. The van der Waals surface area contributed by atoms with Crippen LogP contribution in [-0.4, -0.2) is 32.6 Å². The molecule has 2 aromatic rings. The Morgan fingerprint density at radius 2 is 1.92 bits per heavy atom. The lowest BCUT2D eigenvalue weighted by atomic mass is 10.1. The van der Waals surface area contributed by atoms with Gasteiger partial charge in [-0.15, -0.1) is 0 Å². The summed E-state index contributed by atoms with van der Waals surface area (Å²) in [6.45, 7) is 0. The van der Waals surface area contributed by atoms with Gasteiger partial charge in [0, 0.05) is 0 Å². The van der Waals surface area contributed by atoms with Crippen molar-refractivity contribution in [2.45, 2.75) is 17.4 Å². The number of hydrogen-bond acceptors (Lipinski definition) is 4. The number of carboxylic acids is 1. The molecule has 0 aliphatic heterocycles. The van der Waals surface area contributed by atoms with Crippen LogP contribution in [0.25, 0.3) is 0 Å². The molecule has 0 saturated heterocycles. The van der Waals surface area contributed by atoms with E-state index in [2.05, 4.69) is 4.72 Å². The Labute approximate surface area is 145 Å². The Morgan fingerprint density at radius 1 is 1.25 bits per heavy atom. The van der Waals surface area contributed by atoms with E-state index in [1.165, 1.54) is 25.3 Å². The van der Waals surface area contributed by atoms with Gasteiger partial charge in [-0.1, -0.05) is 41.9 Å². The van der Waals surface area contributed by atoms with E-state index in [-0.39, 0.29) is 16.3 Å². The fourth-order valence-electron chi connectivity index (χ4n) is 2.10. The van der Waals surface area contributed by atoms with Gasteiger partial charge in [0.15, 0.2) is 0 Å². The predicted molar refractivity (Wildman–Crippen MR) is 89.9 cm³/mol. The molecule has 6 nitrogen and oxygen atoms in total. The van der Waals surface area contributed by atoms with Crippen molar-refractivity contribution < 1.29 is 23.1 Å². The van der Waals surface area contributed by atoms with Gasteiger partial charge in [0.25, 0.3) is 0 Å². The molecule has 8 heteroatoms. The number of halogens is 1. The van der Waals surface area contributed by atoms with Crippen LogP contribution >= 0.6 is 11.6 Å². The number of methoxy groups -OCH3 is 1. The van der Waals surface area contributed by atoms with Crippen molar-refractivity contribution in [1.29, 1.82) is 0 Å². The van der Waals surface area contributed by atoms with Gasteiger partial charge in [0.1, 0.15) is 11.8 Å². The van der Waals surface area contributed by atoms with Crippen LogP contribution in [0, 0.1) is 0 Å². The molecule has 0 aromatic heterocycles. The second-order valence-electron chi connectivity index (χ2n) is 5.00. The first-order chi connectivity index (χ1) is 11.3. The average Bonchev–Trinajstić information content (AvgIpc) is 2.55. The van der Waals surface area contributed by atoms with Crippen molar-refractivity contribution >= 4 is 27.6 Å². The summed E-state index contributed by atoms with van der Waals surface area (Å²) >= 11 is 5.93. The van der Waals surface area contributed by atoms with Gasteiger partial charge in [0.05, 0.1) is 17.0 Å². The van der Waals surface area contributed by atoms with E-state index in [9.17, 15) is 18.3 Å². The Balaban J connectivity index is 2.24. The van der Waals surface area contributed by atoms with Crippen LogP contribution in [0.1, 0.15) is 5.56 Å². The molecule has 0 radical (unpaired) electrons. The third-order valence-electron chi connectivity index (χ3n) is 3.31. The number of carboxylic acid groups (broad SMARTS) is 1. The molecule has 2 N–H and O–H groups in total. The maximum atomic E-state index is 12.4. The first-order valence-corrected chi connectivity index (χ1v) is 8.82. The first kappa shape index (κ1) is 18.3. The fraction of sp³-hybridized carbons (Fsp3) is 0.188. The molecule has 1 atom stereocenters. The number of aliphatic carboxylic acids is 1. The number of nitrogens with one attached hydrogen (secondary N) is 1. The van der Waals surface area contributed by atoms with Crippen LogP contribution in [0.15, 0.2) is 53.4 Å². The summed E-state index contributed by atoms with van der Waals surface area (Å²) in [5.74, 6) is -0.934. The Bertz CT molecular complexity index is 824. The molecule has 24 heavy (non-hydrogen) atoms. The molecular weight excluding hydrogens is 354 g/mol. The highest BCUT2D eigenvalue weighted by molar-refractivity contribution is 7.89. The summed E-state index contributed by atoms with van der Waals surface area (Å²) in [6.07, 6.45) is 0.0271. The lowest BCUT2D eigenvalue weighted by molar-refractivity contribution is -0.138. The van der Waals surface area contributed by atoms with E-state index in [1.807, 2.05) is 0 Å². The second-order valence-corrected chi connectivity index (χ2v) is 7.12. The van der Waals surface area contributed by atoms with Crippen LogP contribution in [0.3, 0.4) is 0 Å². The van der Waals surface area contributed by atoms with Crippen molar-refractivity contribution in [2.24, 2.45) is 0 Å². The minimum Gasteiger partial charge on any atom is -0.495 e.